The van der Waals surface area contributed by atoms with Crippen molar-refractivity contribution < 1.29 is 13.2 Å². The second kappa shape index (κ2) is 9.96. The molecular weight excluding hydrogens is 441 g/mol. The Hall–Kier alpha value is -3.85. The van der Waals surface area contributed by atoms with Crippen LogP contribution in [-0.2, 0) is 12.6 Å². The fourth-order valence-corrected chi connectivity index (χ4v) is 3.44. The van der Waals surface area contributed by atoms with E-state index in [2.05, 4.69) is 25.5 Å². The highest BCUT2D eigenvalue weighted by Crippen LogP contribution is 2.35. The molecule has 2 aromatic heterocycles. The van der Waals surface area contributed by atoms with E-state index in [4.69, 9.17) is 5.73 Å². The van der Waals surface area contributed by atoms with Crippen molar-refractivity contribution in [1.29, 1.82) is 0 Å². The molecule has 0 fully saturated rings. The van der Waals surface area contributed by atoms with Crippen LogP contribution in [0.4, 0.5) is 19.1 Å². The monoisotopic (exact) mass is 464 g/mol. The number of hydrogen-bond donors (Lipinski definition) is 2. The zero-order valence-electron chi connectivity index (χ0n) is 18.4. The molecule has 0 saturated heterocycles. The number of halogens is 3. The fraction of sp³-hybridized carbons (Fsp3) is 0.200. The molecule has 4 rings (SSSR count). The van der Waals surface area contributed by atoms with Gasteiger partial charge in [-0.05, 0) is 43.2 Å². The molecule has 3 N–H and O–H groups in total. The number of alkyl halides is 3. The summed E-state index contributed by atoms with van der Waals surface area (Å²) in [5.41, 5.74) is 8.49. The predicted octanol–water partition coefficient (Wildman–Crippen LogP) is 5.29. The molecule has 0 amide bonds. The molecule has 1 atom stereocenters. The van der Waals surface area contributed by atoms with E-state index in [-0.39, 0.29) is 11.3 Å². The van der Waals surface area contributed by atoms with Crippen LogP contribution < -0.4 is 11.1 Å². The minimum atomic E-state index is -4.47. The fourth-order valence-electron chi connectivity index (χ4n) is 3.44. The van der Waals surface area contributed by atoms with Gasteiger partial charge in [0.05, 0.1) is 17.0 Å². The van der Waals surface area contributed by atoms with Crippen LogP contribution in [0.5, 0.6) is 0 Å². The summed E-state index contributed by atoms with van der Waals surface area (Å²) in [4.78, 5) is 8.85. The zero-order valence-corrected chi connectivity index (χ0v) is 18.4. The topological polar surface area (TPSA) is 89.6 Å². The Morgan fingerprint density at radius 1 is 0.971 bits per heavy atom. The average molecular weight is 464 g/mol. The van der Waals surface area contributed by atoms with Crippen molar-refractivity contribution in [2.24, 2.45) is 5.73 Å². The molecule has 0 unspecified atom stereocenters. The van der Waals surface area contributed by atoms with E-state index in [1.54, 1.807) is 31.3 Å². The highest BCUT2D eigenvalue weighted by Gasteiger charge is 2.31. The summed E-state index contributed by atoms with van der Waals surface area (Å²) in [5.74, 6) is 0.405. The number of benzene rings is 2. The third-order valence-corrected chi connectivity index (χ3v) is 5.21. The number of anilines is 1. The van der Waals surface area contributed by atoms with Crippen molar-refractivity contribution >= 4 is 5.95 Å². The van der Waals surface area contributed by atoms with Gasteiger partial charge in [-0.25, -0.2) is 9.97 Å². The molecule has 0 spiro atoms. The van der Waals surface area contributed by atoms with Gasteiger partial charge in [0.15, 0.2) is 0 Å². The number of nitrogens with zero attached hydrogens (tertiary/aromatic N) is 4. The maximum Gasteiger partial charge on any atom is 0.416 e. The van der Waals surface area contributed by atoms with Gasteiger partial charge in [-0.1, -0.05) is 42.5 Å². The first-order valence-electron chi connectivity index (χ1n) is 10.7. The first kappa shape index (κ1) is 23.3. The Morgan fingerprint density at radius 3 is 2.50 bits per heavy atom. The van der Waals surface area contributed by atoms with Crippen molar-refractivity contribution in [1.82, 2.24) is 20.2 Å². The second-order valence-corrected chi connectivity index (χ2v) is 7.83. The van der Waals surface area contributed by atoms with E-state index >= 15 is 0 Å². The molecule has 0 bridgehead atoms. The van der Waals surface area contributed by atoms with Crippen LogP contribution in [0, 0.1) is 0 Å². The number of nitrogens with one attached hydrogen (secondary N) is 1. The number of nitrogens with two attached hydrogens (primary N) is 1. The van der Waals surface area contributed by atoms with Gasteiger partial charge >= 0.3 is 6.18 Å². The second-order valence-electron chi connectivity index (χ2n) is 7.83. The van der Waals surface area contributed by atoms with E-state index in [9.17, 15) is 13.2 Å². The Labute approximate surface area is 195 Å². The van der Waals surface area contributed by atoms with Gasteiger partial charge in [-0.15, -0.1) is 5.10 Å². The lowest BCUT2D eigenvalue weighted by atomic mass is 10.0. The Balaban J connectivity index is 1.68. The van der Waals surface area contributed by atoms with E-state index < -0.39 is 17.8 Å². The van der Waals surface area contributed by atoms with Crippen LogP contribution in [-0.4, -0.2) is 26.7 Å². The Bertz CT molecular complexity index is 1260. The van der Waals surface area contributed by atoms with Gasteiger partial charge in [0.1, 0.15) is 5.69 Å². The normalized spacial score (nSPS) is 12.4. The van der Waals surface area contributed by atoms with E-state index in [1.807, 2.05) is 30.3 Å². The minimum Gasteiger partial charge on any atom is -0.354 e. The summed E-state index contributed by atoms with van der Waals surface area (Å²) in [5, 5.41) is 11.5. The van der Waals surface area contributed by atoms with Crippen LogP contribution >= 0.6 is 0 Å². The average Bonchev–Trinajstić information content (AvgIpc) is 2.84. The summed E-state index contributed by atoms with van der Waals surface area (Å²) >= 11 is 0. The molecule has 0 aliphatic heterocycles. The third-order valence-electron chi connectivity index (χ3n) is 5.21. The zero-order chi connectivity index (χ0) is 24.1. The molecule has 9 heteroatoms. The van der Waals surface area contributed by atoms with Crippen molar-refractivity contribution in [2.45, 2.75) is 25.6 Å². The van der Waals surface area contributed by atoms with Crippen LogP contribution in [0.3, 0.4) is 0 Å². The Kier molecular flexibility index (Phi) is 6.83. The van der Waals surface area contributed by atoms with Crippen LogP contribution in [0.2, 0.25) is 0 Å². The van der Waals surface area contributed by atoms with Crippen molar-refractivity contribution in [3.05, 3.63) is 89.7 Å². The smallest absolute Gasteiger partial charge is 0.354 e. The molecular formula is C25H23F3N6. The molecule has 2 aromatic carbocycles. The minimum absolute atomic E-state index is 0.282. The molecule has 0 aliphatic carbocycles. The maximum atomic E-state index is 13.3. The van der Waals surface area contributed by atoms with E-state index in [0.717, 1.165) is 18.6 Å². The highest BCUT2D eigenvalue weighted by molar-refractivity contribution is 5.79. The molecule has 34 heavy (non-hydrogen) atoms. The standard InChI is InChI=1S/C25H23F3N6/c1-16(29)22-15-20(23(34-33-22)18-8-5-9-19(14-18)25(26,27)28)21-11-13-31-24(32-21)30-12-10-17-6-3-2-4-7-17/h2-9,11,13-16H,10,12,29H2,1H3,(H,30,31,32)/t16-/m0/s1. The first-order valence-corrected chi connectivity index (χ1v) is 10.7. The molecule has 0 aliphatic rings. The quantitative estimate of drug-likeness (QED) is 0.386. The van der Waals surface area contributed by atoms with Crippen molar-refractivity contribution in [3.63, 3.8) is 0 Å². The summed E-state index contributed by atoms with van der Waals surface area (Å²) in [6, 6.07) is 18.0. The van der Waals surface area contributed by atoms with Crippen molar-refractivity contribution in [3.8, 4) is 22.5 Å². The molecule has 6 nitrogen and oxygen atoms in total. The van der Waals surface area contributed by atoms with Gasteiger partial charge in [0, 0.05) is 29.9 Å². The van der Waals surface area contributed by atoms with Crippen LogP contribution in [0.15, 0.2) is 72.9 Å². The number of aromatic nitrogens is 4. The molecule has 174 valence electrons. The summed E-state index contributed by atoms with van der Waals surface area (Å²) < 4.78 is 39.9. The summed E-state index contributed by atoms with van der Waals surface area (Å²) in [6.07, 6.45) is -2.09. The van der Waals surface area contributed by atoms with Gasteiger partial charge in [-0.2, -0.15) is 18.3 Å². The lowest BCUT2D eigenvalue weighted by Crippen LogP contribution is -2.11. The molecule has 2 heterocycles. The maximum absolute atomic E-state index is 13.3. The molecule has 0 radical (unpaired) electrons. The van der Waals surface area contributed by atoms with Crippen LogP contribution in [0.1, 0.15) is 29.8 Å². The first-order chi connectivity index (χ1) is 16.3. The lowest BCUT2D eigenvalue weighted by molar-refractivity contribution is -0.137. The van der Waals surface area contributed by atoms with Gasteiger partial charge in [0.2, 0.25) is 5.95 Å². The van der Waals surface area contributed by atoms with E-state index in [1.165, 1.54) is 11.6 Å². The third kappa shape index (κ3) is 5.55. The SMILES string of the molecule is C[C@H](N)c1cc(-c2ccnc(NCCc3ccccc3)n2)c(-c2cccc(C(F)(F)F)c2)nn1. The molecule has 0 saturated carbocycles. The van der Waals surface area contributed by atoms with Crippen LogP contribution in [0.25, 0.3) is 22.5 Å². The van der Waals surface area contributed by atoms with E-state index in [0.29, 0.717) is 29.4 Å². The highest BCUT2D eigenvalue weighted by atomic mass is 19.4. The van der Waals surface area contributed by atoms with Gasteiger partial charge in [-0.3, -0.25) is 0 Å². The van der Waals surface area contributed by atoms with Crippen molar-refractivity contribution in [2.75, 3.05) is 11.9 Å². The largest absolute Gasteiger partial charge is 0.416 e. The number of rotatable bonds is 7. The summed E-state index contributed by atoms with van der Waals surface area (Å²) in [6.45, 7) is 2.38. The molecule has 4 aromatic rings. The predicted molar refractivity (Wildman–Crippen MR) is 125 cm³/mol. The number of hydrogen-bond acceptors (Lipinski definition) is 6. The Morgan fingerprint density at radius 2 is 1.76 bits per heavy atom. The summed E-state index contributed by atoms with van der Waals surface area (Å²) in [7, 11) is 0. The van der Waals surface area contributed by atoms with Gasteiger partial charge < -0.3 is 11.1 Å². The van der Waals surface area contributed by atoms with Gasteiger partial charge in [0.25, 0.3) is 0 Å². The lowest BCUT2D eigenvalue weighted by Gasteiger charge is -2.14.